The Morgan fingerprint density at radius 3 is 2.83 bits per heavy atom. The molecule has 0 radical (unpaired) electrons. The van der Waals surface area contributed by atoms with Crippen LogP contribution in [0.2, 0.25) is 0 Å². The third kappa shape index (κ3) is 4.09. The van der Waals surface area contributed by atoms with Crippen molar-refractivity contribution in [2.24, 2.45) is 5.92 Å². The van der Waals surface area contributed by atoms with Crippen molar-refractivity contribution in [3.05, 3.63) is 52.1 Å². The quantitative estimate of drug-likeness (QED) is 0.514. The Labute approximate surface area is 173 Å². The van der Waals surface area contributed by atoms with Gasteiger partial charge in [0.1, 0.15) is 12.2 Å². The smallest absolute Gasteiger partial charge is 0.275 e. The lowest BCUT2D eigenvalue weighted by Gasteiger charge is -2.14. The highest BCUT2D eigenvalue weighted by Crippen LogP contribution is 2.33. The van der Waals surface area contributed by atoms with Gasteiger partial charge in [0, 0.05) is 17.6 Å². The first-order valence-corrected chi connectivity index (χ1v) is 11.3. The maximum atomic E-state index is 12.7. The number of carbonyl (C=O) groups excluding carboxylic acids is 1. The maximum Gasteiger partial charge on any atom is 0.275 e. The predicted octanol–water partition coefficient (Wildman–Crippen LogP) is 1.12. The topological polar surface area (TPSA) is 140 Å². The summed E-state index contributed by atoms with van der Waals surface area (Å²) >= 11 is 0. The van der Waals surface area contributed by atoms with Gasteiger partial charge in [0.2, 0.25) is 5.91 Å². The summed E-state index contributed by atoms with van der Waals surface area (Å²) < 4.78 is 26.3. The molecule has 30 heavy (non-hydrogen) atoms. The number of aryl methyl sites for hydroxylation is 1. The van der Waals surface area contributed by atoms with E-state index in [1.54, 1.807) is 13.1 Å². The summed E-state index contributed by atoms with van der Waals surface area (Å²) in [5.74, 6) is -0.230. The highest BCUT2D eigenvalue weighted by Gasteiger charge is 2.31. The van der Waals surface area contributed by atoms with Gasteiger partial charge in [-0.3, -0.25) is 14.7 Å². The molecule has 2 aromatic heterocycles. The van der Waals surface area contributed by atoms with Gasteiger partial charge in [0.15, 0.2) is 9.84 Å². The second kappa shape index (κ2) is 7.60. The molecule has 1 amide bonds. The van der Waals surface area contributed by atoms with E-state index < -0.39 is 15.4 Å². The van der Waals surface area contributed by atoms with E-state index in [0.717, 1.165) is 29.3 Å². The van der Waals surface area contributed by atoms with Crippen LogP contribution in [0.4, 0.5) is 5.69 Å². The first-order valence-electron chi connectivity index (χ1n) is 9.66. The number of nitrogens with zero attached hydrogens (tertiary/aromatic N) is 2. The zero-order valence-electron chi connectivity index (χ0n) is 16.5. The Kier molecular flexibility index (Phi) is 5.10. The first-order chi connectivity index (χ1) is 14.2. The summed E-state index contributed by atoms with van der Waals surface area (Å²) in [5.41, 5.74) is 7.03. The molecule has 9 nitrogen and oxygen atoms in total. The largest absolute Gasteiger partial charge is 0.393 e. The van der Waals surface area contributed by atoms with Gasteiger partial charge < -0.3 is 15.6 Å². The van der Waals surface area contributed by atoms with Crippen LogP contribution in [-0.2, 0) is 27.7 Å². The third-order valence-electron chi connectivity index (χ3n) is 5.29. The number of carbonyl (C=O) groups is 1. The first kappa shape index (κ1) is 20.1. The molecule has 10 heteroatoms. The molecule has 0 aliphatic heterocycles. The summed E-state index contributed by atoms with van der Waals surface area (Å²) in [6, 6.07) is 7.04. The number of aromatic amines is 1. The number of hydrogen-bond donors (Lipinski definition) is 3. The lowest BCUT2D eigenvalue weighted by molar-refractivity contribution is -0.121. The van der Waals surface area contributed by atoms with Crippen LogP contribution < -0.4 is 16.6 Å². The van der Waals surface area contributed by atoms with Crippen molar-refractivity contribution in [3.63, 3.8) is 0 Å². The van der Waals surface area contributed by atoms with Crippen molar-refractivity contribution in [2.45, 2.75) is 37.8 Å². The van der Waals surface area contributed by atoms with Gasteiger partial charge in [-0.2, -0.15) is 5.10 Å². The molecule has 158 valence electrons. The fourth-order valence-corrected chi connectivity index (χ4v) is 5.30. The highest BCUT2D eigenvalue weighted by atomic mass is 32.2. The van der Waals surface area contributed by atoms with E-state index in [0.29, 0.717) is 5.69 Å². The fraction of sp³-hybridized carbons (Fsp3) is 0.350. The SMILES string of the molecule is Cc1cc(S(=O)(=O)CC2CC2)c(N)c(=O)n1CC(=O)NCc1ccc2[nH]ncc2c1. The third-order valence-corrected chi connectivity index (χ3v) is 7.21. The molecule has 2 heterocycles. The summed E-state index contributed by atoms with van der Waals surface area (Å²) in [6.45, 7) is 1.64. The van der Waals surface area contributed by atoms with Gasteiger partial charge in [-0.1, -0.05) is 6.07 Å². The van der Waals surface area contributed by atoms with Crippen LogP contribution in [-0.4, -0.2) is 34.8 Å². The number of rotatable bonds is 7. The van der Waals surface area contributed by atoms with Crippen molar-refractivity contribution in [1.29, 1.82) is 0 Å². The maximum absolute atomic E-state index is 12.7. The molecular weight excluding hydrogens is 406 g/mol. The summed E-state index contributed by atoms with van der Waals surface area (Å²) in [5, 5.41) is 10.5. The lowest BCUT2D eigenvalue weighted by Crippen LogP contribution is -2.35. The number of amides is 1. The van der Waals surface area contributed by atoms with E-state index in [9.17, 15) is 18.0 Å². The number of anilines is 1. The lowest BCUT2D eigenvalue weighted by atomic mass is 10.1. The van der Waals surface area contributed by atoms with E-state index in [4.69, 9.17) is 5.73 Å². The van der Waals surface area contributed by atoms with Gasteiger partial charge in [0.25, 0.3) is 5.56 Å². The van der Waals surface area contributed by atoms with Crippen LogP contribution in [0.25, 0.3) is 10.9 Å². The fourth-order valence-electron chi connectivity index (χ4n) is 3.40. The van der Waals surface area contributed by atoms with Crippen molar-refractivity contribution < 1.29 is 13.2 Å². The normalized spacial score (nSPS) is 14.2. The molecule has 3 aromatic rings. The minimum atomic E-state index is -3.62. The standard InChI is InChI=1S/C20H23N5O4S/c1-12-6-17(30(28,29)11-13-2-3-13)19(21)20(27)25(12)10-18(26)22-8-14-4-5-16-15(7-14)9-23-24-16/h4-7,9,13H,2-3,8,10-11,21H2,1H3,(H,22,26)(H,23,24). The second-order valence-electron chi connectivity index (χ2n) is 7.75. The molecule has 0 saturated heterocycles. The predicted molar refractivity (Wildman–Crippen MR) is 113 cm³/mol. The number of sulfone groups is 1. The van der Waals surface area contributed by atoms with E-state index in [1.807, 2.05) is 18.2 Å². The van der Waals surface area contributed by atoms with E-state index in [2.05, 4.69) is 15.5 Å². The van der Waals surface area contributed by atoms with Crippen LogP contribution >= 0.6 is 0 Å². The number of nitrogens with two attached hydrogens (primary N) is 1. The van der Waals surface area contributed by atoms with Crippen LogP contribution in [0.3, 0.4) is 0 Å². The minimum Gasteiger partial charge on any atom is -0.393 e. The average molecular weight is 430 g/mol. The summed E-state index contributed by atoms with van der Waals surface area (Å²) in [7, 11) is -3.62. The van der Waals surface area contributed by atoms with Crippen LogP contribution in [0, 0.1) is 12.8 Å². The molecule has 1 fully saturated rings. The summed E-state index contributed by atoms with van der Waals surface area (Å²) in [6.07, 6.45) is 3.46. The summed E-state index contributed by atoms with van der Waals surface area (Å²) in [4.78, 5) is 24.9. The van der Waals surface area contributed by atoms with Gasteiger partial charge in [-0.25, -0.2) is 8.42 Å². The number of pyridine rings is 1. The van der Waals surface area contributed by atoms with E-state index in [-0.39, 0.29) is 41.3 Å². The van der Waals surface area contributed by atoms with Crippen LogP contribution in [0.15, 0.2) is 40.2 Å². The van der Waals surface area contributed by atoms with Gasteiger partial charge in [0.05, 0.1) is 22.4 Å². The van der Waals surface area contributed by atoms with Crippen molar-refractivity contribution in [1.82, 2.24) is 20.1 Å². The molecule has 1 aliphatic rings. The zero-order chi connectivity index (χ0) is 21.5. The number of H-pyrrole nitrogens is 1. The molecule has 4 rings (SSSR count). The monoisotopic (exact) mass is 429 g/mol. The number of benzene rings is 1. The molecule has 4 N–H and O–H groups in total. The van der Waals surface area contributed by atoms with Crippen LogP contribution in [0.1, 0.15) is 24.1 Å². The number of nitrogens with one attached hydrogen (secondary N) is 2. The zero-order valence-corrected chi connectivity index (χ0v) is 17.3. The number of fused-ring (bicyclic) bond motifs is 1. The van der Waals surface area contributed by atoms with Gasteiger partial charge >= 0.3 is 0 Å². The highest BCUT2D eigenvalue weighted by molar-refractivity contribution is 7.91. The van der Waals surface area contributed by atoms with Gasteiger partial charge in [-0.05, 0) is 49.4 Å². The number of nitrogen functional groups attached to an aromatic ring is 1. The van der Waals surface area contributed by atoms with Crippen molar-refractivity contribution in [3.8, 4) is 0 Å². The Balaban J connectivity index is 1.48. The van der Waals surface area contributed by atoms with E-state index in [1.165, 1.54) is 10.6 Å². The van der Waals surface area contributed by atoms with Crippen LogP contribution in [0.5, 0.6) is 0 Å². The molecule has 0 spiro atoms. The minimum absolute atomic E-state index is 0.00157. The van der Waals surface area contributed by atoms with Crippen molar-refractivity contribution in [2.75, 3.05) is 11.5 Å². The van der Waals surface area contributed by atoms with Gasteiger partial charge in [-0.15, -0.1) is 0 Å². The number of aromatic nitrogens is 3. The molecule has 1 aromatic carbocycles. The molecule has 1 saturated carbocycles. The molecule has 1 aliphatic carbocycles. The Hall–Kier alpha value is -3.14. The molecule has 0 bridgehead atoms. The Morgan fingerprint density at radius 1 is 1.33 bits per heavy atom. The second-order valence-corrected chi connectivity index (χ2v) is 9.75. The average Bonchev–Trinajstić information content (AvgIpc) is 3.37. The molecule has 0 unspecified atom stereocenters. The number of hydrogen-bond acceptors (Lipinski definition) is 6. The molecule has 0 atom stereocenters. The molecular formula is C20H23N5O4S. The van der Waals surface area contributed by atoms with E-state index >= 15 is 0 Å². The van der Waals surface area contributed by atoms with Crippen molar-refractivity contribution >= 4 is 32.3 Å². The Bertz CT molecular complexity index is 1290. The Morgan fingerprint density at radius 2 is 2.10 bits per heavy atom.